The van der Waals surface area contributed by atoms with Crippen LogP contribution < -0.4 is 9.47 Å². The first-order valence-corrected chi connectivity index (χ1v) is 5.61. The second kappa shape index (κ2) is 4.75. The predicted molar refractivity (Wildman–Crippen MR) is 64.9 cm³/mol. The molecule has 1 aliphatic heterocycles. The number of ketones is 1. The molecule has 17 heavy (non-hydrogen) atoms. The zero-order valence-corrected chi connectivity index (χ0v) is 10.4. The molecule has 0 fully saturated rings. The second-order valence-electron chi connectivity index (χ2n) is 4.50. The largest absolute Gasteiger partial charge is 0.497 e. The Morgan fingerprint density at radius 1 is 1.47 bits per heavy atom. The molecule has 0 amide bonds. The Morgan fingerprint density at radius 3 is 2.88 bits per heavy atom. The summed E-state index contributed by atoms with van der Waals surface area (Å²) in [5.41, 5.74) is 0.627. The van der Waals surface area contributed by atoms with Crippen molar-refractivity contribution in [3.05, 3.63) is 23.8 Å². The third kappa shape index (κ3) is 2.42. The van der Waals surface area contributed by atoms with Crippen LogP contribution >= 0.6 is 0 Å². The molecule has 0 aromatic heterocycles. The van der Waals surface area contributed by atoms with Crippen molar-refractivity contribution in [2.24, 2.45) is 5.92 Å². The molecule has 0 saturated carbocycles. The van der Waals surface area contributed by atoms with Crippen molar-refractivity contribution < 1.29 is 14.3 Å². The number of Topliss-reactive ketones (excluding diaryl/α,β-unsaturated/α-hetero) is 1. The highest BCUT2D eigenvalue weighted by Crippen LogP contribution is 2.30. The summed E-state index contributed by atoms with van der Waals surface area (Å²) in [6, 6.07) is 5.34. The molecule has 1 atom stereocenters. The molecular weight excluding hydrogens is 218 g/mol. The Hall–Kier alpha value is -1.55. The van der Waals surface area contributed by atoms with Gasteiger partial charge in [-0.3, -0.25) is 4.79 Å². The minimum Gasteiger partial charge on any atom is -0.497 e. The molecule has 4 nitrogen and oxygen atoms in total. The average molecular weight is 235 g/mol. The van der Waals surface area contributed by atoms with E-state index in [9.17, 15) is 4.79 Å². The monoisotopic (exact) mass is 235 g/mol. The first-order chi connectivity index (χ1) is 8.11. The van der Waals surface area contributed by atoms with Crippen LogP contribution in [0.1, 0.15) is 10.4 Å². The lowest BCUT2D eigenvalue weighted by Crippen LogP contribution is -2.35. The lowest BCUT2D eigenvalue weighted by Gasteiger charge is -2.26. The van der Waals surface area contributed by atoms with Crippen molar-refractivity contribution in [3.63, 3.8) is 0 Å². The van der Waals surface area contributed by atoms with E-state index in [1.165, 1.54) is 0 Å². The van der Waals surface area contributed by atoms with E-state index >= 15 is 0 Å². The molecular formula is C13H17NO3. The molecule has 0 aliphatic carbocycles. The van der Waals surface area contributed by atoms with Gasteiger partial charge >= 0.3 is 0 Å². The SMILES string of the molecule is COc1ccc2c(c1)C(=O)C(CN(C)C)CO2. The van der Waals surface area contributed by atoms with Crippen LogP contribution in [0.2, 0.25) is 0 Å². The molecule has 0 N–H and O–H groups in total. The second-order valence-corrected chi connectivity index (χ2v) is 4.50. The van der Waals surface area contributed by atoms with Crippen LogP contribution in [0.3, 0.4) is 0 Å². The Balaban J connectivity index is 2.27. The highest BCUT2D eigenvalue weighted by Gasteiger charge is 2.29. The van der Waals surface area contributed by atoms with Crippen LogP contribution in [0.15, 0.2) is 18.2 Å². The molecule has 1 aromatic rings. The Bertz CT molecular complexity index is 429. The van der Waals surface area contributed by atoms with Gasteiger partial charge in [-0.15, -0.1) is 0 Å². The van der Waals surface area contributed by atoms with Gasteiger partial charge in [0.25, 0.3) is 0 Å². The fourth-order valence-corrected chi connectivity index (χ4v) is 2.02. The van der Waals surface area contributed by atoms with Crippen LogP contribution in [-0.2, 0) is 0 Å². The minimum atomic E-state index is -0.0930. The third-order valence-corrected chi connectivity index (χ3v) is 2.85. The average Bonchev–Trinajstić information content (AvgIpc) is 2.32. The van der Waals surface area contributed by atoms with E-state index in [0.717, 1.165) is 0 Å². The molecule has 0 spiro atoms. The molecule has 0 saturated heterocycles. The summed E-state index contributed by atoms with van der Waals surface area (Å²) in [5, 5.41) is 0. The van der Waals surface area contributed by atoms with Crippen molar-refractivity contribution in [1.29, 1.82) is 0 Å². The quantitative estimate of drug-likeness (QED) is 0.795. The van der Waals surface area contributed by atoms with Gasteiger partial charge < -0.3 is 14.4 Å². The zero-order chi connectivity index (χ0) is 12.4. The molecule has 1 aromatic carbocycles. The topological polar surface area (TPSA) is 38.8 Å². The summed E-state index contributed by atoms with van der Waals surface area (Å²) in [6.45, 7) is 1.16. The highest BCUT2D eigenvalue weighted by molar-refractivity contribution is 6.01. The third-order valence-electron chi connectivity index (χ3n) is 2.85. The van der Waals surface area contributed by atoms with Gasteiger partial charge in [-0.25, -0.2) is 0 Å². The Kier molecular flexibility index (Phi) is 3.33. The van der Waals surface area contributed by atoms with E-state index < -0.39 is 0 Å². The van der Waals surface area contributed by atoms with Crippen molar-refractivity contribution in [2.75, 3.05) is 34.4 Å². The summed E-state index contributed by atoms with van der Waals surface area (Å²) < 4.78 is 10.7. The van der Waals surface area contributed by atoms with Crippen molar-refractivity contribution in [1.82, 2.24) is 4.90 Å². The fourth-order valence-electron chi connectivity index (χ4n) is 2.02. The molecule has 0 radical (unpaired) electrons. The molecule has 4 heteroatoms. The number of rotatable bonds is 3. The first-order valence-electron chi connectivity index (χ1n) is 5.61. The van der Waals surface area contributed by atoms with Crippen LogP contribution in [0.4, 0.5) is 0 Å². The summed E-state index contributed by atoms with van der Waals surface area (Å²) >= 11 is 0. The van der Waals surface area contributed by atoms with Gasteiger partial charge in [0.15, 0.2) is 5.78 Å². The highest BCUT2D eigenvalue weighted by atomic mass is 16.5. The van der Waals surface area contributed by atoms with Gasteiger partial charge in [0.2, 0.25) is 0 Å². The van der Waals surface area contributed by atoms with Crippen LogP contribution in [0.5, 0.6) is 11.5 Å². The van der Waals surface area contributed by atoms with E-state index in [4.69, 9.17) is 9.47 Å². The molecule has 92 valence electrons. The van der Waals surface area contributed by atoms with Gasteiger partial charge in [0, 0.05) is 6.54 Å². The van der Waals surface area contributed by atoms with Crippen molar-refractivity contribution >= 4 is 5.78 Å². The molecule has 1 aliphatic rings. The molecule has 1 unspecified atom stereocenters. The Morgan fingerprint density at radius 2 is 2.24 bits per heavy atom. The normalized spacial score (nSPS) is 18.8. The lowest BCUT2D eigenvalue weighted by atomic mass is 9.94. The number of carbonyl (C=O) groups excluding carboxylic acids is 1. The number of benzene rings is 1. The lowest BCUT2D eigenvalue weighted by molar-refractivity contribution is 0.0795. The first kappa shape index (κ1) is 11.9. The van der Waals surface area contributed by atoms with Crippen LogP contribution in [-0.4, -0.2) is 45.0 Å². The number of fused-ring (bicyclic) bond motifs is 1. The van der Waals surface area contributed by atoms with E-state index in [-0.39, 0.29) is 11.7 Å². The van der Waals surface area contributed by atoms with Gasteiger partial charge in [-0.1, -0.05) is 0 Å². The maximum Gasteiger partial charge on any atom is 0.174 e. The maximum atomic E-state index is 12.3. The number of hydrogen-bond donors (Lipinski definition) is 0. The summed E-state index contributed by atoms with van der Waals surface area (Å²) in [6.07, 6.45) is 0. The number of ether oxygens (including phenoxy) is 2. The smallest absolute Gasteiger partial charge is 0.174 e. The number of nitrogens with zero attached hydrogens (tertiary/aromatic N) is 1. The summed E-state index contributed by atoms with van der Waals surface area (Å²) in [4.78, 5) is 14.3. The number of methoxy groups -OCH3 is 1. The predicted octanol–water partition coefficient (Wildman–Crippen LogP) is 1.45. The van der Waals surface area contributed by atoms with E-state index in [0.29, 0.717) is 30.2 Å². The zero-order valence-electron chi connectivity index (χ0n) is 10.4. The molecule has 2 rings (SSSR count). The Labute approximate surface area is 101 Å². The van der Waals surface area contributed by atoms with Crippen LogP contribution in [0, 0.1) is 5.92 Å². The standard InChI is InChI=1S/C13H17NO3/c1-14(2)7-9-8-17-12-5-4-10(16-3)6-11(12)13(9)15/h4-6,9H,7-8H2,1-3H3. The number of carbonyl (C=O) groups is 1. The van der Waals surface area contributed by atoms with Gasteiger partial charge in [-0.05, 0) is 32.3 Å². The van der Waals surface area contributed by atoms with Gasteiger partial charge in [0.1, 0.15) is 11.5 Å². The fraction of sp³-hybridized carbons (Fsp3) is 0.462. The van der Waals surface area contributed by atoms with E-state index in [1.54, 1.807) is 25.3 Å². The van der Waals surface area contributed by atoms with Crippen LogP contribution in [0.25, 0.3) is 0 Å². The van der Waals surface area contributed by atoms with E-state index in [1.807, 2.05) is 19.0 Å². The van der Waals surface area contributed by atoms with Crippen molar-refractivity contribution in [3.8, 4) is 11.5 Å². The summed E-state index contributed by atoms with van der Waals surface area (Å²) in [5.74, 6) is 1.39. The molecule has 0 bridgehead atoms. The van der Waals surface area contributed by atoms with Gasteiger partial charge in [-0.2, -0.15) is 0 Å². The summed E-state index contributed by atoms with van der Waals surface area (Å²) in [7, 11) is 5.50. The number of hydrogen-bond acceptors (Lipinski definition) is 4. The van der Waals surface area contributed by atoms with Gasteiger partial charge in [0.05, 0.1) is 25.2 Å². The molecule has 1 heterocycles. The maximum absolute atomic E-state index is 12.3. The van der Waals surface area contributed by atoms with E-state index in [2.05, 4.69) is 0 Å². The minimum absolute atomic E-state index is 0.0930. The van der Waals surface area contributed by atoms with Crippen molar-refractivity contribution in [2.45, 2.75) is 0 Å².